The van der Waals surface area contributed by atoms with Crippen LogP contribution in [0.2, 0.25) is 0 Å². The van der Waals surface area contributed by atoms with Gasteiger partial charge in [0.25, 0.3) is 0 Å². The van der Waals surface area contributed by atoms with Crippen molar-refractivity contribution in [2.24, 2.45) is 10.7 Å². The molecule has 1 aromatic heterocycles. The van der Waals surface area contributed by atoms with Crippen molar-refractivity contribution in [3.05, 3.63) is 71.1 Å². The van der Waals surface area contributed by atoms with E-state index >= 15 is 0 Å². The summed E-state index contributed by atoms with van der Waals surface area (Å²) >= 11 is 1.47. The number of amides is 1. The van der Waals surface area contributed by atoms with E-state index in [0.29, 0.717) is 24.2 Å². The average Bonchev–Trinajstić information content (AvgIpc) is 3.19. The molecule has 1 unspecified atom stereocenters. The van der Waals surface area contributed by atoms with Crippen LogP contribution in [0.25, 0.3) is 11.3 Å². The minimum absolute atomic E-state index is 0.0610. The number of carbonyl (C=O) groups excluding carboxylic acids is 1. The maximum absolute atomic E-state index is 11.2. The molecule has 0 aliphatic rings. The largest absolute Gasteiger partial charge is 0.370 e. The Morgan fingerprint density at radius 2 is 1.90 bits per heavy atom. The zero-order chi connectivity index (χ0) is 20.6. The molecule has 29 heavy (non-hydrogen) atoms. The SMILES string of the molecule is CC(=O)NCc1ccccc1-c1csc(NC(N)=NCC(C)c2ccccc2)n1. The van der Waals surface area contributed by atoms with Gasteiger partial charge in [0, 0.05) is 36.9 Å². The van der Waals surface area contributed by atoms with E-state index in [-0.39, 0.29) is 11.8 Å². The Morgan fingerprint density at radius 1 is 1.17 bits per heavy atom. The van der Waals surface area contributed by atoms with E-state index in [1.54, 1.807) is 0 Å². The number of aliphatic imine (C=N–C) groups is 1. The van der Waals surface area contributed by atoms with Crippen LogP contribution in [0.1, 0.15) is 30.9 Å². The molecule has 1 atom stereocenters. The zero-order valence-electron chi connectivity index (χ0n) is 16.6. The van der Waals surface area contributed by atoms with Crippen molar-refractivity contribution in [3.8, 4) is 11.3 Å². The lowest BCUT2D eigenvalue weighted by atomic mass is 10.0. The van der Waals surface area contributed by atoms with Crippen LogP contribution in [-0.2, 0) is 11.3 Å². The second-order valence-corrected chi connectivity index (χ2v) is 7.63. The van der Waals surface area contributed by atoms with Gasteiger partial charge in [0.2, 0.25) is 5.91 Å². The number of nitrogens with zero attached hydrogens (tertiary/aromatic N) is 2. The summed E-state index contributed by atoms with van der Waals surface area (Å²) < 4.78 is 0. The Labute approximate surface area is 174 Å². The van der Waals surface area contributed by atoms with Crippen LogP contribution < -0.4 is 16.4 Å². The van der Waals surface area contributed by atoms with Crippen LogP contribution >= 0.6 is 11.3 Å². The molecule has 0 radical (unpaired) electrons. The standard InChI is InChI=1S/C22H25N5OS/c1-15(17-8-4-3-5-9-17)12-25-21(23)27-22-26-20(14-29-22)19-11-7-6-10-18(19)13-24-16(2)28/h3-11,14-15H,12-13H2,1-2H3,(H,24,28)(H3,23,25,26,27). The number of hydrogen-bond donors (Lipinski definition) is 3. The molecule has 6 nitrogen and oxygen atoms in total. The molecule has 0 saturated heterocycles. The molecular formula is C22H25N5OS. The highest BCUT2D eigenvalue weighted by Gasteiger charge is 2.10. The van der Waals surface area contributed by atoms with Gasteiger partial charge in [0.15, 0.2) is 11.1 Å². The first-order valence-corrected chi connectivity index (χ1v) is 10.3. The van der Waals surface area contributed by atoms with Crippen LogP contribution in [0, 0.1) is 0 Å². The van der Waals surface area contributed by atoms with E-state index < -0.39 is 0 Å². The number of aromatic nitrogens is 1. The number of nitrogens with two attached hydrogens (primary N) is 1. The van der Waals surface area contributed by atoms with Gasteiger partial charge in [0.1, 0.15) is 0 Å². The maximum atomic E-state index is 11.2. The summed E-state index contributed by atoms with van der Waals surface area (Å²) in [6, 6.07) is 18.1. The third kappa shape index (κ3) is 5.89. The van der Waals surface area contributed by atoms with Crippen molar-refractivity contribution in [2.75, 3.05) is 11.9 Å². The molecule has 1 amide bonds. The molecular weight excluding hydrogens is 382 g/mol. The number of rotatable bonds is 7. The van der Waals surface area contributed by atoms with Crippen LogP contribution in [0.4, 0.5) is 5.13 Å². The fourth-order valence-electron chi connectivity index (χ4n) is 2.87. The fourth-order valence-corrected chi connectivity index (χ4v) is 3.59. The normalized spacial score (nSPS) is 12.4. The molecule has 3 aromatic rings. The van der Waals surface area contributed by atoms with Gasteiger partial charge in [-0.25, -0.2) is 4.98 Å². The molecule has 0 bridgehead atoms. The van der Waals surface area contributed by atoms with Crippen LogP contribution in [-0.4, -0.2) is 23.4 Å². The van der Waals surface area contributed by atoms with Gasteiger partial charge in [-0.1, -0.05) is 61.5 Å². The van der Waals surface area contributed by atoms with Crippen molar-refractivity contribution in [2.45, 2.75) is 26.3 Å². The second kappa shape index (κ2) is 9.84. The summed E-state index contributed by atoms with van der Waals surface area (Å²) in [4.78, 5) is 20.3. The van der Waals surface area contributed by atoms with E-state index in [4.69, 9.17) is 5.73 Å². The monoisotopic (exact) mass is 407 g/mol. The zero-order valence-corrected chi connectivity index (χ0v) is 17.4. The van der Waals surface area contributed by atoms with Crippen LogP contribution in [0.3, 0.4) is 0 Å². The lowest BCUT2D eigenvalue weighted by Crippen LogP contribution is -2.23. The number of carbonyl (C=O) groups is 1. The van der Waals surface area contributed by atoms with Gasteiger partial charge < -0.3 is 16.4 Å². The highest BCUT2D eigenvalue weighted by atomic mass is 32.1. The number of guanidine groups is 1. The Balaban J connectivity index is 1.65. The number of nitrogens with one attached hydrogen (secondary N) is 2. The molecule has 150 valence electrons. The molecule has 2 aromatic carbocycles. The van der Waals surface area contributed by atoms with Crippen LogP contribution in [0.5, 0.6) is 0 Å². The number of hydrogen-bond acceptors (Lipinski definition) is 4. The van der Waals surface area contributed by atoms with E-state index in [1.807, 2.05) is 47.8 Å². The van der Waals surface area contributed by atoms with Crippen molar-refractivity contribution in [1.82, 2.24) is 10.3 Å². The van der Waals surface area contributed by atoms with E-state index in [1.165, 1.54) is 23.8 Å². The summed E-state index contributed by atoms with van der Waals surface area (Å²) in [5.74, 6) is 0.568. The number of benzene rings is 2. The van der Waals surface area contributed by atoms with Gasteiger partial charge in [-0.3, -0.25) is 9.79 Å². The Kier molecular flexibility index (Phi) is 6.97. The summed E-state index contributed by atoms with van der Waals surface area (Å²) in [7, 11) is 0. The summed E-state index contributed by atoms with van der Waals surface area (Å²) in [5, 5.41) is 8.56. The molecule has 0 saturated carbocycles. The smallest absolute Gasteiger partial charge is 0.217 e. The first kappa shape index (κ1) is 20.5. The first-order chi connectivity index (χ1) is 14.0. The van der Waals surface area contributed by atoms with Gasteiger partial charge in [-0.15, -0.1) is 11.3 Å². The topological polar surface area (TPSA) is 92.4 Å². The molecule has 7 heteroatoms. The fraction of sp³-hybridized carbons (Fsp3) is 0.227. The van der Waals surface area contributed by atoms with Crippen molar-refractivity contribution in [3.63, 3.8) is 0 Å². The molecule has 0 aliphatic heterocycles. The van der Waals surface area contributed by atoms with Gasteiger partial charge in [-0.05, 0) is 11.1 Å². The molecule has 0 spiro atoms. The summed E-state index contributed by atoms with van der Waals surface area (Å²) in [6.07, 6.45) is 0. The molecule has 4 N–H and O–H groups in total. The minimum atomic E-state index is -0.0610. The molecule has 3 rings (SSSR count). The lowest BCUT2D eigenvalue weighted by Gasteiger charge is -2.09. The number of anilines is 1. The van der Waals surface area contributed by atoms with Crippen molar-refractivity contribution < 1.29 is 4.79 Å². The van der Waals surface area contributed by atoms with E-state index in [2.05, 4.69) is 39.7 Å². The van der Waals surface area contributed by atoms with Gasteiger partial charge >= 0.3 is 0 Å². The Bertz CT molecular complexity index is 984. The summed E-state index contributed by atoms with van der Waals surface area (Å²) in [6.45, 7) is 4.70. The third-order valence-electron chi connectivity index (χ3n) is 4.46. The van der Waals surface area contributed by atoms with Gasteiger partial charge in [-0.2, -0.15) is 0 Å². The maximum Gasteiger partial charge on any atom is 0.217 e. The predicted octanol–water partition coefficient (Wildman–Crippen LogP) is 3.98. The average molecular weight is 408 g/mol. The van der Waals surface area contributed by atoms with Crippen LogP contribution in [0.15, 0.2) is 65.0 Å². The molecule has 1 heterocycles. The van der Waals surface area contributed by atoms with E-state index in [0.717, 1.165) is 16.8 Å². The first-order valence-electron chi connectivity index (χ1n) is 9.43. The van der Waals surface area contributed by atoms with E-state index in [9.17, 15) is 4.79 Å². The quantitative estimate of drug-likeness (QED) is 0.408. The highest BCUT2D eigenvalue weighted by Crippen LogP contribution is 2.27. The lowest BCUT2D eigenvalue weighted by molar-refractivity contribution is -0.119. The molecule has 0 fully saturated rings. The Morgan fingerprint density at radius 3 is 2.66 bits per heavy atom. The minimum Gasteiger partial charge on any atom is -0.370 e. The second-order valence-electron chi connectivity index (χ2n) is 6.77. The number of thiazole rings is 1. The highest BCUT2D eigenvalue weighted by molar-refractivity contribution is 7.14. The molecule has 0 aliphatic carbocycles. The van der Waals surface area contributed by atoms with Gasteiger partial charge in [0.05, 0.1) is 5.69 Å². The predicted molar refractivity (Wildman–Crippen MR) is 120 cm³/mol. The third-order valence-corrected chi connectivity index (χ3v) is 5.22. The van der Waals surface area contributed by atoms with Crippen molar-refractivity contribution in [1.29, 1.82) is 0 Å². The Hall–Kier alpha value is -3.19. The summed E-state index contributed by atoms with van der Waals surface area (Å²) in [5.41, 5.74) is 10.1. The van der Waals surface area contributed by atoms with Crippen molar-refractivity contribution >= 4 is 28.3 Å².